The van der Waals surface area contributed by atoms with Crippen molar-refractivity contribution in [1.29, 1.82) is 0 Å². The van der Waals surface area contributed by atoms with Crippen LogP contribution in [0.5, 0.6) is 0 Å². The van der Waals surface area contributed by atoms with Crippen molar-refractivity contribution in [1.82, 2.24) is 0 Å². The minimum absolute atomic E-state index is 0.293. The molecule has 0 aromatic rings. The van der Waals surface area contributed by atoms with Crippen LogP contribution >= 0.6 is 0 Å². The summed E-state index contributed by atoms with van der Waals surface area (Å²) in [7, 11) is 0. The van der Waals surface area contributed by atoms with Gasteiger partial charge in [-0.1, -0.05) is 20.8 Å². The molecule has 82 valence electrons. The van der Waals surface area contributed by atoms with Gasteiger partial charge in [0.05, 0.1) is 12.2 Å². The molecule has 2 aliphatic carbocycles. The van der Waals surface area contributed by atoms with Crippen molar-refractivity contribution >= 4 is 0 Å². The van der Waals surface area contributed by atoms with Crippen molar-refractivity contribution in [3.8, 4) is 0 Å². The molecule has 0 aromatic carbocycles. The number of rotatable bonds is 2. The second-order valence-electron chi connectivity index (χ2n) is 6.36. The molecule has 2 aliphatic rings. The molecule has 0 heterocycles. The van der Waals surface area contributed by atoms with Gasteiger partial charge in [0.2, 0.25) is 0 Å². The molecule has 14 heavy (non-hydrogen) atoms. The fourth-order valence-electron chi connectivity index (χ4n) is 2.82. The third kappa shape index (κ3) is 1.98. The largest absolute Gasteiger partial charge is 0.374 e. The topological polar surface area (TPSA) is 9.23 Å². The Labute approximate surface area is 88.2 Å². The van der Waals surface area contributed by atoms with Crippen molar-refractivity contribution in [3.63, 3.8) is 0 Å². The van der Waals surface area contributed by atoms with E-state index in [0.717, 1.165) is 11.8 Å². The molecule has 2 saturated carbocycles. The number of hydrogen-bond acceptors (Lipinski definition) is 1. The predicted molar refractivity (Wildman–Crippen MR) is 59.2 cm³/mol. The number of ether oxygens (including phenoxy) is 1. The van der Waals surface area contributed by atoms with Gasteiger partial charge in [-0.2, -0.15) is 0 Å². The van der Waals surface area contributed by atoms with Gasteiger partial charge in [0.1, 0.15) is 0 Å². The molecule has 0 spiro atoms. The van der Waals surface area contributed by atoms with E-state index in [0.29, 0.717) is 17.6 Å². The van der Waals surface area contributed by atoms with Gasteiger partial charge in [-0.25, -0.2) is 0 Å². The third-order valence-corrected chi connectivity index (χ3v) is 4.27. The maximum atomic E-state index is 6.21. The Hall–Kier alpha value is -0.0400. The maximum absolute atomic E-state index is 6.21. The molecule has 0 saturated heterocycles. The minimum atomic E-state index is 0.293. The molecule has 0 amide bonds. The highest BCUT2D eigenvalue weighted by atomic mass is 16.5. The average molecular weight is 196 g/mol. The summed E-state index contributed by atoms with van der Waals surface area (Å²) in [5.41, 5.74) is 0.293. The summed E-state index contributed by atoms with van der Waals surface area (Å²) in [5.74, 6) is 1.89. The molecule has 0 aromatic heterocycles. The summed E-state index contributed by atoms with van der Waals surface area (Å²) in [4.78, 5) is 0. The van der Waals surface area contributed by atoms with Gasteiger partial charge >= 0.3 is 0 Å². The molecule has 0 radical (unpaired) electrons. The van der Waals surface area contributed by atoms with E-state index in [-0.39, 0.29) is 0 Å². The molecule has 4 atom stereocenters. The zero-order valence-corrected chi connectivity index (χ0v) is 10.0. The molecule has 2 fully saturated rings. The third-order valence-electron chi connectivity index (χ3n) is 4.27. The van der Waals surface area contributed by atoms with E-state index in [9.17, 15) is 0 Å². The lowest BCUT2D eigenvalue weighted by Gasteiger charge is -2.33. The van der Waals surface area contributed by atoms with E-state index < -0.39 is 0 Å². The van der Waals surface area contributed by atoms with Gasteiger partial charge < -0.3 is 4.74 Å². The van der Waals surface area contributed by atoms with Crippen LogP contribution in [0.4, 0.5) is 0 Å². The SMILES string of the molecule is CC(OC1CC2CCC1C2)C(C)(C)C. The van der Waals surface area contributed by atoms with Crippen LogP contribution in [0.1, 0.15) is 53.4 Å². The average Bonchev–Trinajstić information content (AvgIpc) is 2.62. The van der Waals surface area contributed by atoms with Gasteiger partial charge in [-0.15, -0.1) is 0 Å². The van der Waals surface area contributed by atoms with Gasteiger partial charge in [0.15, 0.2) is 0 Å². The Morgan fingerprint density at radius 3 is 2.29 bits per heavy atom. The molecule has 4 unspecified atom stereocenters. The Balaban J connectivity index is 1.87. The lowest BCUT2D eigenvalue weighted by molar-refractivity contribution is -0.0760. The van der Waals surface area contributed by atoms with E-state index in [1.807, 2.05) is 0 Å². The first-order chi connectivity index (χ1) is 6.47. The van der Waals surface area contributed by atoms with Crippen molar-refractivity contribution in [3.05, 3.63) is 0 Å². The summed E-state index contributed by atoms with van der Waals surface area (Å²) >= 11 is 0. The summed E-state index contributed by atoms with van der Waals surface area (Å²) < 4.78 is 6.21. The van der Waals surface area contributed by atoms with Crippen LogP contribution in [0.2, 0.25) is 0 Å². The predicted octanol–water partition coefficient (Wildman–Crippen LogP) is 3.63. The van der Waals surface area contributed by atoms with E-state index in [1.165, 1.54) is 25.7 Å². The molecule has 1 heteroatoms. The fourth-order valence-corrected chi connectivity index (χ4v) is 2.82. The monoisotopic (exact) mass is 196 g/mol. The summed E-state index contributed by atoms with van der Waals surface area (Å²) in [6, 6.07) is 0. The van der Waals surface area contributed by atoms with E-state index in [4.69, 9.17) is 4.74 Å². The lowest BCUT2D eigenvalue weighted by atomic mass is 9.89. The van der Waals surface area contributed by atoms with E-state index in [1.54, 1.807) is 0 Å². The van der Waals surface area contributed by atoms with E-state index in [2.05, 4.69) is 27.7 Å². The summed E-state index contributed by atoms with van der Waals surface area (Å²) in [6.07, 6.45) is 6.66. The molecular weight excluding hydrogens is 172 g/mol. The molecule has 0 aliphatic heterocycles. The molecular formula is C13H24O. The fraction of sp³-hybridized carbons (Fsp3) is 1.00. The highest BCUT2D eigenvalue weighted by Gasteiger charge is 2.41. The maximum Gasteiger partial charge on any atom is 0.0609 e. The van der Waals surface area contributed by atoms with Crippen LogP contribution < -0.4 is 0 Å². The molecule has 2 rings (SSSR count). The van der Waals surface area contributed by atoms with Crippen LogP contribution in [0.25, 0.3) is 0 Å². The number of fused-ring (bicyclic) bond motifs is 2. The van der Waals surface area contributed by atoms with Gasteiger partial charge in [0, 0.05) is 0 Å². The Morgan fingerprint density at radius 1 is 1.14 bits per heavy atom. The lowest BCUT2D eigenvalue weighted by Crippen LogP contribution is -2.33. The van der Waals surface area contributed by atoms with Crippen LogP contribution in [0.3, 0.4) is 0 Å². The highest BCUT2D eigenvalue weighted by Crippen LogP contribution is 2.46. The Morgan fingerprint density at radius 2 is 1.86 bits per heavy atom. The van der Waals surface area contributed by atoms with Crippen LogP contribution in [-0.2, 0) is 4.74 Å². The summed E-state index contributed by atoms with van der Waals surface area (Å²) in [5, 5.41) is 0. The van der Waals surface area contributed by atoms with Crippen LogP contribution in [-0.4, -0.2) is 12.2 Å². The van der Waals surface area contributed by atoms with Crippen molar-refractivity contribution < 1.29 is 4.74 Å². The van der Waals surface area contributed by atoms with E-state index >= 15 is 0 Å². The van der Waals surface area contributed by atoms with Gasteiger partial charge in [-0.3, -0.25) is 0 Å². The quantitative estimate of drug-likeness (QED) is 0.655. The van der Waals surface area contributed by atoms with Crippen molar-refractivity contribution in [2.24, 2.45) is 17.3 Å². The standard InChI is InChI=1S/C13H24O/c1-9(13(2,3)4)14-12-8-10-5-6-11(12)7-10/h9-12H,5-8H2,1-4H3. The Bertz CT molecular complexity index is 204. The molecule has 0 N–H and O–H groups in total. The zero-order chi connectivity index (χ0) is 10.3. The normalized spacial score (nSPS) is 39.0. The zero-order valence-electron chi connectivity index (χ0n) is 10.0. The number of hydrogen-bond donors (Lipinski definition) is 0. The first-order valence-electron chi connectivity index (χ1n) is 6.12. The Kier molecular flexibility index (Phi) is 2.63. The summed E-state index contributed by atoms with van der Waals surface area (Å²) in [6.45, 7) is 9.03. The van der Waals surface area contributed by atoms with Crippen molar-refractivity contribution in [2.45, 2.75) is 65.6 Å². The minimum Gasteiger partial charge on any atom is -0.374 e. The van der Waals surface area contributed by atoms with Gasteiger partial charge in [0.25, 0.3) is 0 Å². The second-order valence-corrected chi connectivity index (χ2v) is 6.36. The first-order valence-corrected chi connectivity index (χ1v) is 6.12. The van der Waals surface area contributed by atoms with Crippen LogP contribution in [0, 0.1) is 17.3 Å². The van der Waals surface area contributed by atoms with Crippen LogP contribution in [0.15, 0.2) is 0 Å². The molecule has 1 nitrogen and oxygen atoms in total. The highest BCUT2D eigenvalue weighted by molar-refractivity contribution is 4.91. The molecule has 2 bridgehead atoms. The first kappa shape index (κ1) is 10.5. The smallest absolute Gasteiger partial charge is 0.0609 e. The van der Waals surface area contributed by atoms with Gasteiger partial charge in [-0.05, 0) is 49.9 Å². The second kappa shape index (κ2) is 3.52. The van der Waals surface area contributed by atoms with Crippen molar-refractivity contribution in [2.75, 3.05) is 0 Å².